The molecule has 1 saturated heterocycles. The Balaban J connectivity index is 1.83. The molecule has 5 nitrogen and oxygen atoms in total. The van der Waals surface area contributed by atoms with Crippen LogP contribution in [0.5, 0.6) is 5.75 Å². The van der Waals surface area contributed by atoms with Crippen molar-refractivity contribution in [3.63, 3.8) is 0 Å². The Morgan fingerprint density at radius 1 is 1.41 bits per heavy atom. The Labute approximate surface area is 131 Å². The predicted octanol–water partition coefficient (Wildman–Crippen LogP) is 0.993. The molecule has 5 heteroatoms. The quantitative estimate of drug-likeness (QED) is 0.872. The molecule has 0 bridgehead atoms. The zero-order chi connectivity index (χ0) is 15.7. The SMILES string of the molecule is COc1cccc2c1CCC2(N)C(=O)N1CCC(CN)CC1. The first-order valence-electron chi connectivity index (χ1n) is 8.05. The Morgan fingerprint density at radius 3 is 2.77 bits per heavy atom. The van der Waals surface area contributed by atoms with E-state index in [1.165, 1.54) is 0 Å². The van der Waals surface area contributed by atoms with Gasteiger partial charge in [0.05, 0.1) is 7.11 Å². The molecule has 1 fully saturated rings. The number of hydrogen-bond donors (Lipinski definition) is 2. The van der Waals surface area contributed by atoms with Crippen molar-refractivity contribution in [3.8, 4) is 5.75 Å². The highest BCUT2D eigenvalue weighted by Gasteiger charge is 2.45. The number of hydrogen-bond acceptors (Lipinski definition) is 4. The van der Waals surface area contributed by atoms with Crippen molar-refractivity contribution < 1.29 is 9.53 Å². The molecular formula is C17H25N3O2. The Morgan fingerprint density at radius 2 is 2.14 bits per heavy atom. The average Bonchev–Trinajstić information content (AvgIpc) is 2.93. The Hall–Kier alpha value is -1.59. The van der Waals surface area contributed by atoms with E-state index in [0.29, 0.717) is 18.9 Å². The van der Waals surface area contributed by atoms with Gasteiger partial charge in [-0.3, -0.25) is 4.79 Å². The van der Waals surface area contributed by atoms with Gasteiger partial charge < -0.3 is 21.1 Å². The third-order valence-corrected chi connectivity index (χ3v) is 5.22. The molecule has 1 atom stereocenters. The van der Waals surface area contributed by atoms with Crippen molar-refractivity contribution in [3.05, 3.63) is 29.3 Å². The monoisotopic (exact) mass is 303 g/mol. The maximum Gasteiger partial charge on any atom is 0.247 e. The molecule has 0 radical (unpaired) electrons. The normalized spacial score (nSPS) is 25.1. The van der Waals surface area contributed by atoms with Crippen molar-refractivity contribution in [2.75, 3.05) is 26.7 Å². The zero-order valence-electron chi connectivity index (χ0n) is 13.2. The number of carbonyl (C=O) groups excluding carboxylic acids is 1. The largest absolute Gasteiger partial charge is 0.496 e. The van der Waals surface area contributed by atoms with Gasteiger partial charge >= 0.3 is 0 Å². The number of carbonyl (C=O) groups is 1. The number of nitrogens with zero attached hydrogens (tertiary/aromatic N) is 1. The van der Waals surface area contributed by atoms with Crippen LogP contribution >= 0.6 is 0 Å². The van der Waals surface area contributed by atoms with E-state index in [1.807, 2.05) is 23.1 Å². The molecule has 1 unspecified atom stereocenters. The van der Waals surface area contributed by atoms with Gasteiger partial charge in [0.2, 0.25) is 5.91 Å². The van der Waals surface area contributed by atoms with Crippen LogP contribution in [0.25, 0.3) is 0 Å². The molecule has 1 aliphatic heterocycles. The minimum atomic E-state index is -0.903. The van der Waals surface area contributed by atoms with Crippen LogP contribution in [-0.2, 0) is 16.8 Å². The van der Waals surface area contributed by atoms with Gasteiger partial charge in [0, 0.05) is 13.1 Å². The van der Waals surface area contributed by atoms with E-state index >= 15 is 0 Å². The fourth-order valence-electron chi connectivity index (χ4n) is 3.77. The second-order valence-electron chi connectivity index (χ2n) is 6.43. The lowest BCUT2D eigenvalue weighted by Gasteiger charge is -2.37. The summed E-state index contributed by atoms with van der Waals surface area (Å²) in [6, 6.07) is 5.82. The minimum Gasteiger partial charge on any atom is -0.496 e. The Bertz CT molecular complexity index is 567. The molecule has 1 aliphatic carbocycles. The van der Waals surface area contributed by atoms with Gasteiger partial charge in [0.25, 0.3) is 0 Å². The van der Waals surface area contributed by atoms with Crippen molar-refractivity contribution >= 4 is 5.91 Å². The summed E-state index contributed by atoms with van der Waals surface area (Å²) in [5, 5.41) is 0. The number of ether oxygens (including phenoxy) is 1. The molecular weight excluding hydrogens is 278 g/mol. The minimum absolute atomic E-state index is 0.0509. The summed E-state index contributed by atoms with van der Waals surface area (Å²) in [5.41, 5.74) is 13.4. The molecule has 22 heavy (non-hydrogen) atoms. The smallest absolute Gasteiger partial charge is 0.247 e. The second-order valence-corrected chi connectivity index (χ2v) is 6.43. The molecule has 1 amide bonds. The predicted molar refractivity (Wildman–Crippen MR) is 85.5 cm³/mol. The number of fused-ring (bicyclic) bond motifs is 1. The van der Waals surface area contributed by atoms with E-state index in [9.17, 15) is 4.79 Å². The number of amides is 1. The average molecular weight is 303 g/mol. The number of methoxy groups -OCH3 is 1. The molecule has 4 N–H and O–H groups in total. The first-order valence-corrected chi connectivity index (χ1v) is 8.05. The molecule has 0 saturated carbocycles. The standard InChI is InChI=1S/C17H25N3O2/c1-22-15-4-2-3-14-13(15)5-8-17(14,19)16(21)20-9-6-12(11-18)7-10-20/h2-4,12H,5-11,18-19H2,1H3. The van der Waals surface area contributed by atoms with Crippen LogP contribution in [0.3, 0.4) is 0 Å². The first-order chi connectivity index (χ1) is 10.6. The van der Waals surface area contributed by atoms with Crippen molar-refractivity contribution in [1.82, 2.24) is 4.90 Å². The number of likely N-dealkylation sites (tertiary alicyclic amines) is 1. The van der Waals surface area contributed by atoms with E-state index < -0.39 is 5.54 Å². The Kier molecular flexibility index (Phi) is 4.10. The lowest BCUT2D eigenvalue weighted by atomic mass is 9.89. The van der Waals surface area contributed by atoms with Gasteiger partial charge in [0.1, 0.15) is 11.3 Å². The van der Waals surface area contributed by atoms with Gasteiger partial charge in [-0.05, 0) is 55.3 Å². The summed E-state index contributed by atoms with van der Waals surface area (Å²) < 4.78 is 5.41. The van der Waals surface area contributed by atoms with E-state index in [0.717, 1.165) is 49.2 Å². The van der Waals surface area contributed by atoms with Crippen LogP contribution in [0.2, 0.25) is 0 Å². The van der Waals surface area contributed by atoms with Crippen LogP contribution in [0, 0.1) is 5.92 Å². The maximum atomic E-state index is 13.0. The van der Waals surface area contributed by atoms with Gasteiger partial charge in [0.15, 0.2) is 0 Å². The van der Waals surface area contributed by atoms with Gasteiger partial charge in [-0.25, -0.2) is 0 Å². The highest BCUT2D eigenvalue weighted by atomic mass is 16.5. The van der Waals surface area contributed by atoms with Gasteiger partial charge in [-0.2, -0.15) is 0 Å². The maximum absolute atomic E-state index is 13.0. The van der Waals surface area contributed by atoms with Crippen molar-refractivity contribution in [2.24, 2.45) is 17.4 Å². The van der Waals surface area contributed by atoms with Gasteiger partial charge in [-0.15, -0.1) is 0 Å². The van der Waals surface area contributed by atoms with Crippen LogP contribution < -0.4 is 16.2 Å². The van der Waals surface area contributed by atoms with Gasteiger partial charge in [-0.1, -0.05) is 12.1 Å². The number of rotatable bonds is 3. The molecule has 3 rings (SSSR count). The van der Waals surface area contributed by atoms with Crippen LogP contribution in [-0.4, -0.2) is 37.6 Å². The first kappa shape index (κ1) is 15.3. The summed E-state index contributed by atoms with van der Waals surface area (Å²) >= 11 is 0. The van der Waals surface area contributed by atoms with Crippen molar-refractivity contribution in [2.45, 2.75) is 31.2 Å². The van der Waals surface area contributed by atoms with Crippen LogP contribution in [0.4, 0.5) is 0 Å². The molecule has 1 heterocycles. The summed E-state index contributed by atoms with van der Waals surface area (Å²) in [4.78, 5) is 14.9. The molecule has 1 aromatic rings. The topological polar surface area (TPSA) is 81.6 Å². The fourth-order valence-corrected chi connectivity index (χ4v) is 3.77. The fraction of sp³-hybridized carbons (Fsp3) is 0.588. The lowest BCUT2D eigenvalue weighted by molar-refractivity contribution is -0.138. The molecule has 0 spiro atoms. The number of nitrogens with two attached hydrogens (primary N) is 2. The molecule has 120 valence electrons. The van der Waals surface area contributed by atoms with Crippen molar-refractivity contribution in [1.29, 1.82) is 0 Å². The zero-order valence-corrected chi connectivity index (χ0v) is 13.2. The highest BCUT2D eigenvalue weighted by Crippen LogP contribution is 2.41. The van der Waals surface area contributed by atoms with E-state index in [4.69, 9.17) is 16.2 Å². The summed E-state index contributed by atoms with van der Waals surface area (Å²) in [6.07, 6.45) is 3.39. The lowest BCUT2D eigenvalue weighted by Crippen LogP contribution is -2.53. The van der Waals surface area contributed by atoms with E-state index in [2.05, 4.69) is 0 Å². The van der Waals surface area contributed by atoms with E-state index in [1.54, 1.807) is 7.11 Å². The third-order valence-electron chi connectivity index (χ3n) is 5.22. The third kappa shape index (κ3) is 2.38. The molecule has 1 aromatic carbocycles. The molecule has 2 aliphatic rings. The van der Waals surface area contributed by atoms with Crippen LogP contribution in [0.15, 0.2) is 18.2 Å². The summed E-state index contributed by atoms with van der Waals surface area (Å²) in [5.74, 6) is 1.42. The molecule has 0 aromatic heterocycles. The second kappa shape index (κ2) is 5.89. The number of piperidine rings is 1. The van der Waals surface area contributed by atoms with E-state index in [-0.39, 0.29) is 5.91 Å². The summed E-state index contributed by atoms with van der Waals surface area (Å²) in [6.45, 7) is 2.23. The number of benzene rings is 1. The highest BCUT2D eigenvalue weighted by molar-refractivity contribution is 5.89. The van der Waals surface area contributed by atoms with Crippen LogP contribution in [0.1, 0.15) is 30.4 Å². The summed E-state index contributed by atoms with van der Waals surface area (Å²) in [7, 11) is 1.66.